The first kappa shape index (κ1) is 10.4. The Morgan fingerprint density at radius 1 is 1.07 bits per heavy atom. The quantitative estimate of drug-likeness (QED) is 0.887. The number of benzene rings is 2. The third-order valence-corrected chi connectivity index (χ3v) is 2.72. The molecule has 0 amide bonds. The van der Waals surface area contributed by atoms with E-state index < -0.39 is 0 Å². The van der Waals surface area contributed by atoms with Crippen LogP contribution in [0.25, 0.3) is 10.8 Å². The number of fused-ring (bicyclic) bond motifs is 1. The number of anilines is 1. The third kappa shape index (κ3) is 2.48. The van der Waals surface area contributed by atoms with Crippen molar-refractivity contribution in [3.8, 4) is 0 Å². The topological polar surface area (TPSA) is 12.0 Å². The Morgan fingerprint density at radius 3 is 2.60 bits per heavy atom. The van der Waals surface area contributed by atoms with Gasteiger partial charge in [-0.1, -0.05) is 28.1 Å². The van der Waals surface area contributed by atoms with Gasteiger partial charge in [-0.2, -0.15) is 0 Å². The fourth-order valence-electron chi connectivity index (χ4n) is 1.52. The number of nitrogens with one attached hydrogen (secondary N) is 1. The van der Waals surface area contributed by atoms with Gasteiger partial charge in [0.25, 0.3) is 0 Å². The van der Waals surface area contributed by atoms with Crippen LogP contribution in [0.2, 0.25) is 0 Å². The smallest absolute Gasteiger partial charge is 0.107 e. The first-order valence-electron chi connectivity index (χ1n) is 4.79. The van der Waals surface area contributed by atoms with Gasteiger partial charge in [-0.15, -0.1) is 0 Å². The Balaban J connectivity index is 2.34. The van der Waals surface area contributed by atoms with Crippen LogP contribution in [0.15, 0.2) is 40.9 Å². The fraction of sp³-hybridized carbons (Fsp3) is 0.167. The minimum Gasteiger partial charge on any atom is -0.382 e. The van der Waals surface area contributed by atoms with Crippen molar-refractivity contribution < 1.29 is 4.39 Å². The van der Waals surface area contributed by atoms with Crippen LogP contribution < -0.4 is 5.32 Å². The number of rotatable bonds is 3. The highest BCUT2D eigenvalue weighted by Crippen LogP contribution is 2.22. The molecule has 1 N–H and O–H groups in total. The van der Waals surface area contributed by atoms with Crippen molar-refractivity contribution in [2.24, 2.45) is 0 Å². The monoisotopic (exact) mass is 267 g/mol. The van der Waals surface area contributed by atoms with Gasteiger partial charge in [0.05, 0.1) is 0 Å². The summed E-state index contributed by atoms with van der Waals surface area (Å²) >= 11 is 3.43. The van der Waals surface area contributed by atoms with Gasteiger partial charge in [-0.05, 0) is 35.0 Å². The van der Waals surface area contributed by atoms with Crippen molar-refractivity contribution in [1.82, 2.24) is 0 Å². The normalized spacial score (nSPS) is 10.5. The molecule has 0 atom stereocenters. The highest BCUT2D eigenvalue weighted by atomic mass is 79.9. The van der Waals surface area contributed by atoms with Crippen molar-refractivity contribution >= 4 is 32.4 Å². The molecule has 0 saturated heterocycles. The lowest BCUT2D eigenvalue weighted by Gasteiger charge is -2.05. The molecule has 2 aromatic rings. The molecule has 0 spiro atoms. The van der Waals surface area contributed by atoms with Crippen LogP contribution in [-0.2, 0) is 0 Å². The van der Waals surface area contributed by atoms with Crippen LogP contribution >= 0.6 is 15.9 Å². The Bertz CT molecular complexity index is 470. The fourth-order valence-corrected chi connectivity index (χ4v) is 1.90. The maximum Gasteiger partial charge on any atom is 0.107 e. The second-order valence-corrected chi connectivity index (χ2v) is 4.24. The van der Waals surface area contributed by atoms with Crippen LogP contribution in [0.4, 0.5) is 10.1 Å². The molecule has 1 nitrogen and oxygen atoms in total. The maximum absolute atomic E-state index is 12.0. The number of hydrogen-bond donors (Lipinski definition) is 1. The molecule has 3 heteroatoms. The summed E-state index contributed by atoms with van der Waals surface area (Å²) in [5.41, 5.74) is 0.961. The standard InChI is InChI=1S/C12H11BrFN/c13-11-3-1-10-8-12(15-6-5-14)4-2-9(10)7-11/h1-4,7-8,15H,5-6H2. The molecular formula is C12H11BrFN. The molecule has 0 bridgehead atoms. The van der Waals surface area contributed by atoms with Crippen LogP contribution in [0.1, 0.15) is 0 Å². The molecule has 0 unspecified atom stereocenters. The predicted molar refractivity (Wildman–Crippen MR) is 66.1 cm³/mol. The molecule has 78 valence electrons. The molecule has 0 fully saturated rings. The van der Waals surface area contributed by atoms with E-state index in [9.17, 15) is 4.39 Å². The van der Waals surface area contributed by atoms with Gasteiger partial charge in [-0.25, -0.2) is 4.39 Å². The molecular weight excluding hydrogens is 257 g/mol. The Kier molecular flexibility index (Phi) is 3.21. The van der Waals surface area contributed by atoms with Gasteiger partial charge in [0.15, 0.2) is 0 Å². The van der Waals surface area contributed by atoms with E-state index in [-0.39, 0.29) is 6.67 Å². The third-order valence-electron chi connectivity index (χ3n) is 2.23. The van der Waals surface area contributed by atoms with Gasteiger partial charge in [-0.3, -0.25) is 0 Å². The summed E-state index contributed by atoms with van der Waals surface area (Å²) in [5, 5.41) is 5.35. The summed E-state index contributed by atoms with van der Waals surface area (Å²) in [6, 6.07) is 12.1. The van der Waals surface area contributed by atoms with E-state index in [0.29, 0.717) is 6.54 Å². The van der Waals surface area contributed by atoms with E-state index in [1.54, 1.807) is 0 Å². The van der Waals surface area contributed by atoms with Crippen molar-refractivity contribution in [1.29, 1.82) is 0 Å². The van der Waals surface area contributed by atoms with Gasteiger partial charge in [0.1, 0.15) is 6.67 Å². The summed E-state index contributed by atoms with van der Waals surface area (Å²) in [4.78, 5) is 0. The average molecular weight is 268 g/mol. The van der Waals surface area contributed by atoms with Gasteiger partial charge < -0.3 is 5.32 Å². The first-order chi connectivity index (χ1) is 7.29. The molecule has 0 aliphatic heterocycles. The largest absolute Gasteiger partial charge is 0.382 e. The summed E-state index contributed by atoms with van der Waals surface area (Å²) < 4.78 is 13.0. The van der Waals surface area contributed by atoms with Crippen LogP contribution in [0, 0.1) is 0 Å². The summed E-state index contributed by atoms with van der Waals surface area (Å²) in [6.07, 6.45) is 0. The molecule has 0 saturated carbocycles. The summed E-state index contributed by atoms with van der Waals surface area (Å²) in [6.45, 7) is 0.0143. The molecule has 2 aromatic carbocycles. The van der Waals surface area contributed by atoms with Crippen molar-refractivity contribution in [3.05, 3.63) is 40.9 Å². The van der Waals surface area contributed by atoms with E-state index in [1.807, 2.05) is 30.3 Å². The minimum atomic E-state index is -0.349. The maximum atomic E-state index is 12.0. The van der Waals surface area contributed by atoms with E-state index in [0.717, 1.165) is 15.5 Å². The average Bonchev–Trinajstić information content (AvgIpc) is 2.26. The first-order valence-corrected chi connectivity index (χ1v) is 5.58. The molecule has 0 aliphatic rings. The predicted octanol–water partition coefficient (Wildman–Crippen LogP) is 3.98. The lowest BCUT2D eigenvalue weighted by atomic mass is 10.1. The van der Waals surface area contributed by atoms with Crippen molar-refractivity contribution in [2.45, 2.75) is 0 Å². The summed E-state index contributed by atoms with van der Waals surface area (Å²) in [7, 11) is 0. The molecule has 0 heterocycles. The van der Waals surface area contributed by atoms with Crippen molar-refractivity contribution in [2.75, 3.05) is 18.5 Å². The Morgan fingerprint density at radius 2 is 1.80 bits per heavy atom. The van der Waals surface area contributed by atoms with Crippen LogP contribution in [-0.4, -0.2) is 13.2 Å². The van der Waals surface area contributed by atoms with E-state index >= 15 is 0 Å². The highest BCUT2D eigenvalue weighted by molar-refractivity contribution is 9.10. The summed E-state index contributed by atoms with van der Waals surface area (Å²) in [5.74, 6) is 0. The SMILES string of the molecule is FCCNc1ccc2cc(Br)ccc2c1. The van der Waals surface area contributed by atoms with Gasteiger partial charge in [0, 0.05) is 16.7 Å². The lowest BCUT2D eigenvalue weighted by molar-refractivity contribution is 0.513. The Hall–Kier alpha value is -1.09. The highest BCUT2D eigenvalue weighted by Gasteiger charge is 1.96. The molecule has 0 aromatic heterocycles. The second kappa shape index (κ2) is 4.62. The van der Waals surface area contributed by atoms with Crippen LogP contribution in [0.5, 0.6) is 0 Å². The zero-order valence-electron chi connectivity index (χ0n) is 8.13. The van der Waals surface area contributed by atoms with E-state index in [2.05, 4.69) is 27.3 Å². The molecule has 15 heavy (non-hydrogen) atoms. The number of alkyl halides is 1. The minimum absolute atomic E-state index is 0.349. The van der Waals surface area contributed by atoms with E-state index in [1.165, 1.54) is 5.39 Å². The van der Waals surface area contributed by atoms with Crippen molar-refractivity contribution in [3.63, 3.8) is 0 Å². The molecule has 0 aliphatic carbocycles. The zero-order chi connectivity index (χ0) is 10.7. The number of hydrogen-bond acceptors (Lipinski definition) is 1. The van der Waals surface area contributed by atoms with Gasteiger partial charge >= 0.3 is 0 Å². The number of halogens is 2. The van der Waals surface area contributed by atoms with E-state index in [4.69, 9.17) is 0 Å². The Labute approximate surface area is 96.4 Å². The molecule has 2 rings (SSSR count). The van der Waals surface area contributed by atoms with Gasteiger partial charge in [0.2, 0.25) is 0 Å². The zero-order valence-corrected chi connectivity index (χ0v) is 9.72. The second-order valence-electron chi connectivity index (χ2n) is 3.32. The van der Waals surface area contributed by atoms with Crippen LogP contribution in [0.3, 0.4) is 0 Å². The molecule has 0 radical (unpaired) electrons. The lowest BCUT2D eigenvalue weighted by Crippen LogP contribution is -2.02.